The quantitative estimate of drug-likeness (QED) is 0.172. The Bertz CT molecular complexity index is 1400. The average Bonchev–Trinajstić information content (AvgIpc) is 3.06. The van der Waals surface area contributed by atoms with Gasteiger partial charge in [0.2, 0.25) is 5.78 Å². The Kier molecular flexibility index (Phi) is 8.24. The number of benzene rings is 2. The van der Waals surface area contributed by atoms with Crippen molar-refractivity contribution in [2.75, 3.05) is 7.11 Å². The standard InChI is InChI=1S/C31H32ClNO5S/c1-17-7-8-18(2)29(39-27(17)30(37)38-6)33-24(19-9-13-21(14-10-19)31(3,4)5)23(26(35)28(33)36)25(34)20-11-15-22(32)16-12-20/h9-16,23-24H,7-8H2,1-6H3. The van der Waals surface area contributed by atoms with E-state index < -0.39 is 35.4 Å². The number of likely N-dealkylation sites (tertiary alicyclic amines) is 1. The van der Waals surface area contributed by atoms with Crippen molar-refractivity contribution in [1.82, 2.24) is 4.90 Å². The van der Waals surface area contributed by atoms with Crippen LogP contribution in [0.1, 0.15) is 75.0 Å². The lowest BCUT2D eigenvalue weighted by atomic mass is 9.83. The van der Waals surface area contributed by atoms with Crippen molar-refractivity contribution in [3.63, 3.8) is 0 Å². The fraction of sp³-hybridized carbons (Fsp3) is 0.355. The number of esters is 1. The number of hydrogen-bond acceptors (Lipinski definition) is 6. The van der Waals surface area contributed by atoms with E-state index in [0.29, 0.717) is 38.9 Å². The zero-order chi connectivity index (χ0) is 28.6. The number of methoxy groups -OCH3 is 1. The first-order valence-electron chi connectivity index (χ1n) is 12.8. The third-order valence-corrected chi connectivity index (χ3v) is 8.96. The molecule has 0 bridgehead atoms. The second-order valence-electron chi connectivity index (χ2n) is 11.0. The highest BCUT2D eigenvalue weighted by Gasteiger charge is 2.53. The number of Topliss-reactive ketones (excluding diaryl/α,β-unsaturated/α-hetero) is 2. The number of rotatable bonds is 5. The molecule has 0 aliphatic carbocycles. The summed E-state index contributed by atoms with van der Waals surface area (Å²) in [6.45, 7) is 10.1. The fourth-order valence-corrected chi connectivity index (χ4v) is 6.23. The molecule has 1 saturated heterocycles. The number of allylic oxidation sites excluding steroid dienone is 2. The number of carbonyl (C=O) groups is 4. The van der Waals surface area contributed by atoms with E-state index >= 15 is 0 Å². The maximum absolute atomic E-state index is 13.8. The van der Waals surface area contributed by atoms with Crippen molar-refractivity contribution in [2.24, 2.45) is 5.92 Å². The van der Waals surface area contributed by atoms with E-state index in [2.05, 4.69) is 20.8 Å². The smallest absolute Gasteiger partial charge is 0.344 e. The Morgan fingerprint density at radius 2 is 1.54 bits per heavy atom. The van der Waals surface area contributed by atoms with E-state index in [-0.39, 0.29) is 5.41 Å². The fourth-order valence-electron chi connectivity index (χ4n) is 4.90. The molecule has 2 aromatic carbocycles. The van der Waals surface area contributed by atoms with Crippen LogP contribution in [0.5, 0.6) is 0 Å². The summed E-state index contributed by atoms with van der Waals surface area (Å²) < 4.78 is 5.02. The van der Waals surface area contributed by atoms with Gasteiger partial charge in [0.15, 0.2) is 5.78 Å². The molecule has 1 fully saturated rings. The van der Waals surface area contributed by atoms with Crippen LogP contribution in [-0.2, 0) is 24.5 Å². The molecular formula is C31H32ClNO5S. The van der Waals surface area contributed by atoms with Crippen molar-refractivity contribution in [1.29, 1.82) is 0 Å². The van der Waals surface area contributed by atoms with Crippen LogP contribution >= 0.6 is 23.4 Å². The van der Waals surface area contributed by atoms with Crippen molar-refractivity contribution in [3.05, 3.63) is 91.3 Å². The minimum Gasteiger partial charge on any atom is -0.465 e. The van der Waals surface area contributed by atoms with Crippen molar-refractivity contribution in [3.8, 4) is 0 Å². The number of halogens is 1. The molecule has 0 aromatic heterocycles. The molecule has 204 valence electrons. The predicted octanol–water partition coefficient (Wildman–Crippen LogP) is 6.79. The van der Waals surface area contributed by atoms with Gasteiger partial charge in [-0.3, -0.25) is 19.3 Å². The topological polar surface area (TPSA) is 80.8 Å². The van der Waals surface area contributed by atoms with Gasteiger partial charge in [0.05, 0.1) is 23.1 Å². The highest BCUT2D eigenvalue weighted by atomic mass is 35.5. The molecule has 8 heteroatoms. The Labute approximate surface area is 238 Å². The van der Waals surface area contributed by atoms with Crippen LogP contribution in [0.25, 0.3) is 0 Å². The van der Waals surface area contributed by atoms with Gasteiger partial charge in [-0.1, -0.05) is 74.0 Å². The molecule has 2 heterocycles. The maximum Gasteiger partial charge on any atom is 0.344 e. The van der Waals surface area contributed by atoms with Crippen LogP contribution < -0.4 is 0 Å². The lowest BCUT2D eigenvalue weighted by Crippen LogP contribution is -2.30. The average molecular weight is 566 g/mol. The minimum absolute atomic E-state index is 0.105. The normalized spacial score (nSPS) is 20.4. The van der Waals surface area contributed by atoms with Gasteiger partial charge in [-0.15, -0.1) is 0 Å². The second kappa shape index (κ2) is 11.1. The predicted molar refractivity (Wildman–Crippen MR) is 153 cm³/mol. The number of ether oxygens (including phenoxy) is 1. The van der Waals surface area contributed by atoms with E-state index in [1.807, 2.05) is 38.1 Å². The van der Waals surface area contributed by atoms with Crippen molar-refractivity contribution in [2.45, 2.75) is 58.9 Å². The maximum atomic E-state index is 13.8. The molecule has 6 nitrogen and oxygen atoms in total. The molecule has 4 rings (SSSR count). The summed E-state index contributed by atoms with van der Waals surface area (Å²) >= 11 is 7.16. The van der Waals surface area contributed by atoms with E-state index in [1.54, 1.807) is 24.3 Å². The first-order chi connectivity index (χ1) is 18.3. The highest BCUT2D eigenvalue weighted by Crippen LogP contribution is 2.48. The molecule has 39 heavy (non-hydrogen) atoms. The molecule has 0 spiro atoms. The number of ketones is 2. The monoisotopic (exact) mass is 565 g/mol. The van der Waals surface area contributed by atoms with E-state index in [9.17, 15) is 19.2 Å². The summed E-state index contributed by atoms with van der Waals surface area (Å²) in [5.74, 6) is -3.74. The Morgan fingerprint density at radius 3 is 2.10 bits per heavy atom. The summed E-state index contributed by atoms with van der Waals surface area (Å²) in [6.07, 6.45) is 1.21. The molecule has 2 aliphatic rings. The number of nitrogens with zero attached hydrogens (tertiary/aromatic N) is 1. The summed E-state index contributed by atoms with van der Waals surface area (Å²) in [6, 6.07) is 13.1. The molecule has 2 atom stereocenters. The van der Waals surface area contributed by atoms with E-state index in [1.165, 1.54) is 12.0 Å². The lowest BCUT2D eigenvalue weighted by Gasteiger charge is -2.30. The summed E-state index contributed by atoms with van der Waals surface area (Å²) in [5.41, 5.74) is 3.65. The van der Waals surface area contributed by atoms with Crippen LogP contribution in [0.2, 0.25) is 5.02 Å². The van der Waals surface area contributed by atoms with Gasteiger partial charge in [-0.25, -0.2) is 4.79 Å². The molecule has 0 radical (unpaired) electrons. The first-order valence-corrected chi connectivity index (χ1v) is 14.0. The zero-order valence-corrected chi connectivity index (χ0v) is 24.5. The molecule has 0 N–H and O–H groups in total. The Morgan fingerprint density at radius 1 is 0.949 bits per heavy atom. The lowest BCUT2D eigenvalue weighted by molar-refractivity contribution is -0.139. The van der Waals surface area contributed by atoms with E-state index in [4.69, 9.17) is 16.3 Å². The SMILES string of the molecule is COC(=O)C1=C(C)CCC(C)=C(N2C(=O)C(=O)C(C(=O)c3ccc(Cl)cc3)C2c2ccc(C(C)(C)C)cc2)S1. The summed E-state index contributed by atoms with van der Waals surface area (Å²) in [4.78, 5) is 55.6. The summed E-state index contributed by atoms with van der Waals surface area (Å²) in [7, 11) is 1.31. The molecular weight excluding hydrogens is 534 g/mol. The highest BCUT2D eigenvalue weighted by molar-refractivity contribution is 8.07. The van der Waals surface area contributed by atoms with Crippen molar-refractivity contribution < 1.29 is 23.9 Å². The Balaban J connectivity index is 1.88. The van der Waals surface area contributed by atoms with Gasteiger partial charge >= 0.3 is 5.97 Å². The van der Waals surface area contributed by atoms with Crippen LogP contribution in [0, 0.1) is 5.92 Å². The van der Waals surface area contributed by atoms with Crippen LogP contribution in [0.3, 0.4) is 0 Å². The zero-order valence-electron chi connectivity index (χ0n) is 23.0. The van der Waals surface area contributed by atoms with Gasteiger partial charge in [-0.2, -0.15) is 0 Å². The number of thioether (sulfide) groups is 1. The second-order valence-corrected chi connectivity index (χ2v) is 12.4. The number of carbonyl (C=O) groups excluding carboxylic acids is 4. The molecule has 2 aromatic rings. The van der Waals surface area contributed by atoms with Gasteiger partial charge in [0.25, 0.3) is 5.91 Å². The van der Waals surface area contributed by atoms with Gasteiger partial charge in [0, 0.05) is 10.6 Å². The van der Waals surface area contributed by atoms with Gasteiger partial charge < -0.3 is 4.74 Å². The third kappa shape index (κ3) is 5.61. The van der Waals surface area contributed by atoms with Gasteiger partial charge in [0.1, 0.15) is 5.92 Å². The van der Waals surface area contributed by atoms with Crippen LogP contribution in [0.15, 0.2) is 69.6 Å². The third-order valence-electron chi connectivity index (χ3n) is 7.25. The summed E-state index contributed by atoms with van der Waals surface area (Å²) in [5, 5.41) is 0.950. The van der Waals surface area contributed by atoms with Crippen LogP contribution in [0.4, 0.5) is 0 Å². The minimum atomic E-state index is -1.25. The number of hydrogen-bond donors (Lipinski definition) is 0. The largest absolute Gasteiger partial charge is 0.465 e. The molecule has 0 saturated carbocycles. The van der Waals surface area contributed by atoms with Crippen LogP contribution in [-0.4, -0.2) is 35.5 Å². The van der Waals surface area contributed by atoms with Gasteiger partial charge in [-0.05, 0) is 73.1 Å². The first kappa shape index (κ1) is 28.8. The Hall–Kier alpha value is -3.16. The number of amides is 1. The molecule has 2 unspecified atom stereocenters. The van der Waals surface area contributed by atoms with E-state index in [0.717, 1.165) is 28.5 Å². The van der Waals surface area contributed by atoms with Crippen molar-refractivity contribution >= 4 is 46.8 Å². The molecule has 1 amide bonds. The molecule has 2 aliphatic heterocycles.